The third kappa shape index (κ3) is 4.08. The van der Waals surface area contributed by atoms with Crippen LogP contribution in [0.15, 0.2) is 41.9 Å². The summed E-state index contributed by atoms with van der Waals surface area (Å²) in [5, 5.41) is 15.1. The predicted molar refractivity (Wildman–Crippen MR) is 120 cm³/mol. The number of carbonyl (C=O) groups is 1. The number of benzene rings is 2. The van der Waals surface area contributed by atoms with Crippen molar-refractivity contribution in [3.05, 3.63) is 52.5 Å². The van der Waals surface area contributed by atoms with Gasteiger partial charge in [-0.25, -0.2) is 4.98 Å². The summed E-state index contributed by atoms with van der Waals surface area (Å²) < 4.78 is 21.4. The van der Waals surface area contributed by atoms with Gasteiger partial charge in [0.05, 0.1) is 25.6 Å². The number of hydrogen-bond acceptors (Lipinski definition) is 9. The van der Waals surface area contributed by atoms with E-state index in [-0.39, 0.29) is 12.6 Å². The molecule has 0 amide bonds. The predicted octanol–water partition coefficient (Wildman–Crippen LogP) is 4.74. The number of ketones is 1. The molecule has 3 aromatic rings. The average Bonchev–Trinajstić information content (AvgIpc) is 3.48. The second kappa shape index (κ2) is 8.99. The number of aromatic nitrogens is 1. The van der Waals surface area contributed by atoms with E-state index in [1.165, 1.54) is 24.5 Å². The lowest BCUT2D eigenvalue weighted by Crippen LogP contribution is -2.00. The molecule has 1 aliphatic rings. The Hall–Kier alpha value is -4.03. The van der Waals surface area contributed by atoms with Crippen LogP contribution in [-0.4, -0.2) is 31.8 Å². The Morgan fingerprint density at radius 3 is 2.62 bits per heavy atom. The summed E-state index contributed by atoms with van der Waals surface area (Å²) in [6.45, 7) is 1.57. The van der Waals surface area contributed by atoms with Gasteiger partial charge in [-0.1, -0.05) is 0 Å². The molecule has 1 aliphatic heterocycles. The van der Waals surface area contributed by atoms with Crippen LogP contribution < -0.4 is 24.3 Å². The number of carbonyl (C=O) groups excluding carboxylic acids is 1. The molecule has 0 saturated carbocycles. The molecular formula is C23H19N3O5S. The van der Waals surface area contributed by atoms with Gasteiger partial charge in [-0.15, -0.1) is 11.3 Å². The molecule has 1 aromatic heterocycles. The molecule has 2 aromatic carbocycles. The summed E-state index contributed by atoms with van der Waals surface area (Å²) in [7, 11) is 3.15. The van der Waals surface area contributed by atoms with Gasteiger partial charge in [0.2, 0.25) is 6.79 Å². The molecule has 0 fully saturated rings. The second-order valence-electron chi connectivity index (χ2n) is 6.73. The molecule has 32 heavy (non-hydrogen) atoms. The highest BCUT2D eigenvalue weighted by Crippen LogP contribution is 2.38. The Balaban J connectivity index is 1.62. The first-order valence-electron chi connectivity index (χ1n) is 9.53. The van der Waals surface area contributed by atoms with Crippen LogP contribution >= 0.6 is 11.3 Å². The molecular weight excluding hydrogens is 430 g/mol. The lowest BCUT2D eigenvalue weighted by atomic mass is 10.1. The van der Waals surface area contributed by atoms with Crippen molar-refractivity contribution < 1.29 is 23.7 Å². The summed E-state index contributed by atoms with van der Waals surface area (Å²) in [6, 6.07) is 11.0. The van der Waals surface area contributed by atoms with E-state index in [0.29, 0.717) is 50.5 Å². The van der Waals surface area contributed by atoms with Gasteiger partial charge in [0, 0.05) is 28.8 Å². The Bertz CT molecular complexity index is 1260. The fourth-order valence-corrected chi connectivity index (χ4v) is 3.96. The van der Waals surface area contributed by atoms with Crippen molar-refractivity contribution >= 4 is 28.4 Å². The van der Waals surface area contributed by atoms with Gasteiger partial charge in [0.1, 0.15) is 16.6 Å². The molecule has 2 heterocycles. The topological polar surface area (TPSA) is 103 Å². The van der Waals surface area contributed by atoms with Crippen LogP contribution in [-0.2, 0) is 0 Å². The molecule has 0 atom stereocenters. The summed E-state index contributed by atoms with van der Waals surface area (Å²) in [5.41, 5.74) is 2.83. The minimum atomic E-state index is -0.136. The fourth-order valence-electron chi connectivity index (χ4n) is 3.17. The zero-order chi connectivity index (χ0) is 22.7. The third-order valence-electron chi connectivity index (χ3n) is 4.80. The summed E-state index contributed by atoms with van der Waals surface area (Å²) in [6.07, 6.45) is 1.53. The summed E-state index contributed by atoms with van der Waals surface area (Å²) in [5.74, 6) is 2.14. The van der Waals surface area contributed by atoms with Crippen molar-refractivity contribution in [2.24, 2.45) is 0 Å². The number of ether oxygens (including phenoxy) is 4. The van der Waals surface area contributed by atoms with Gasteiger partial charge < -0.3 is 24.3 Å². The normalized spacial score (nSPS) is 12.2. The molecule has 0 radical (unpaired) electrons. The van der Waals surface area contributed by atoms with Crippen molar-refractivity contribution in [2.75, 3.05) is 26.3 Å². The third-order valence-corrected chi connectivity index (χ3v) is 5.67. The highest BCUT2D eigenvalue weighted by Gasteiger charge is 2.19. The van der Waals surface area contributed by atoms with E-state index >= 15 is 0 Å². The monoisotopic (exact) mass is 449 g/mol. The fraction of sp³-hybridized carbons (Fsp3) is 0.174. The Morgan fingerprint density at radius 1 is 1.19 bits per heavy atom. The summed E-state index contributed by atoms with van der Waals surface area (Å²) >= 11 is 1.34. The average molecular weight is 449 g/mol. The number of Topliss-reactive ketones (excluding diaryl/α,β-unsaturated/α-hetero) is 1. The van der Waals surface area contributed by atoms with E-state index in [1.807, 2.05) is 17.5 Å². The first-order valence-corrected chi connectivity index (χ1v) is 10.4. The zero-order valence-electron chi connectivity index (χ0n) is 17.6. The highest BCUT2D eigenvalue weighted by atomic mass is 32.1. The Morgan fingerprint density at radius 2 is 1.94 bits per heavy atom. The number of thiazole rings is 1. The van der Waals surface area contributed by atoms with Gasteiger partial charge in [0.15, 0.2) is 28.8 Å². The van der Waals surface area contributed by atoms with Crippen molar-refractivity contribution in [2.45, 2.75) is 6.92 Å². The lowest BCUT2D eigenvalue weighted by molar-refractivity contribution is 0.101. The van der Waals surface area contributed by atoms with Crippen LogP contribution in [0.5, 0.6) is 23.0 Å². The maximum atomic E-state index is 12.1. The number of hydrogen-bond donors (Lipinski definition) is 1. The number of rotatable bonds is 7. The Labute approximate surface area is 188 Å². The number of nitriles is 1. The van der Waals surface area contributed by atoms with Crippen LogP contribution in [0.2, 0.25) is 0 Å². The first kappa shape index (κ1) is 21.2. The van der Waals surface area contributed by atoms with E-state index in [4.69, 9.17) is 18.9 Å². The number of fused-ring (bicyclic) bond motifs is 1. The molecule has 4 rings (SSSR count). The minimum absolute atomic E-state index is 0.105. The number of nitrogens with zero attached hydrogens (tertiary/aromatic N) is 2. The molecule has 0 aliphatic carbocycles. The molecule has 0 saturated heterocycles. The van der Waals surface area contributed by atoms with Gasteiger partial charge in [-0.05, 0) is 31.2 Å². The van der Waals surface area contributed by atoms with Crippen LogP contribution in [0.3, 0.4) is 0 Å². The van der Waals surface area contributed by atoms with E-state index in [0.717, 1.165) is 5.56 Å². The van der Waals surface area contributed by atoms with Crippen LogP contribution in [0.4, 0.5) is 5.69 Å². The molecule has 1 N–H and O–H groups in total. The van der Waals surface area contributed by atoms with Crippen molar-refractivity contribution in [1.82, 2.24) is 4.98 Å². The van der Waals surface area contributed by atoms with E-state index in [1.54, 1.807) is 32.4 Å². The quantitative estimate of drug-likeness (QED) is 0.408. The molecule has 162 valence electrons. The molecule has 9 heteroatoms. The minimum Gasteiger partial charge on any atom is -0.493 e. The van der Waals surface area contributed by atoms with Gasteiger partial charge >= 0.3 is 0 Å². The van der Waals surface area contributed by atoms with Crippen molar-refractivity contribution in [3.63, 3.8) is 0 Å². The number of anilines is 1. The van der Waals surface area contributed by atoms with Gasteiger partial charge in [-0.2, -0.15) is 5.26 Å². The zero-order valence-corrected chi connectivity index (χ0v) is 18.4. The Kier molecular flexibility index (Phi) is 5.96. The largest absolute Gasteiger partial charge is 0.493 e. The highest BCUT2D eigenvalue weighted by molar-refractivity contribution is 7.11. The van der Waals surface area contributed by atoms with Gasteiger partial charge in [-0.3, -0.25) is 4.79 Å². The standard InChI is InChI=1S/C23H19N3O5S/c1-13(27)16-7-21-22(31-12-30-21)8-17(16)25-10-15(9-24)23-26-18(11-32-23)14-4-5-19(28-2)20(6-14)29-3/h4-8,10-11,25H,12H2,1-3H3. The molecule has 0 spiro atoms. The van der Waals surface area contributed by atoms with Crippen LogP contribution in [0, 0.1) is 11.3 Å². The SMILES string of the molecule is COc1ccc(-c2csc(C(C#N)=CNc3cc4c(cc3C(C)=O)OCO4)n2)cc1OC. The molecule has 8 nitrogen and oxygen atoms in total. The van der Waals surface area contributed by atoms with E-state index in [9.17, 15) is 10.1 Å². The molecule has 0 bridgehead atoms. The molecule has 0 unspecified atom stereocenters. The number of methoxy groups -OCH3 is 2. The summed E-state index contributed by atoms with van der Waals surface area (Å²) in [4.78, 5) is 16.6. The lowest BCUT2D eigenvalue weighted by Gasteiger charge is -2.09. The maximum absolute atomic E-state index is 12.1. The first-order chi connectivity index (χ1) is 15.5. The van der Waals surface area contributed by atoms with Crippen molar-refractivity contribution in [3.8, 4) is 40.3 Å². The van der Waals surface area contributed by atoms with Crippen LogP contribution in [0.25, 0.3) is 16.8 Å². The van der Waals surface area contributed by atoms with E-state index in [2.05, 4.69) is 16.4 Å². The second-order valence-corrected chi connectivity index (χ2v) is 7.59. The van der Waals surface area contributed by atoms with Gasteiger partial charge in [0.25, 0.3) is 0 Å². The number of nitrogens with one attached hydrogen (secondary N) is 1. The van der Waals surface area contributed by atoms with Crippen molar-refractivity contribution in [1.29, 1.82) is 5.26 Å². The van der Waals surface area contributed by atoms with Crippen LogP contribution in [0.1, 0.15) is 22.3 Å². The maximum Gasteiger partial charge on any atom is 0.231 e. The number of allylic oxidation sites excluding steroid dienone is 1. The van der Waals surface area contributed by atoms with E-state index < -0.39 is 0 Å². The smallest absolute Gasteiger partial charge is 0.231 e.